The molecule has 5 nitrogen and oxygen atoms in total. The number of nitrogens with zero attached hydrogens (tertiary/aromatic N) is 1. The average Bonchev–Trinajstić information content (AvgIpc) is 3.08. The van der Waals surface area contributed by atoms with Crippen molar-refractivity contribution in [1.82, 2.24) is 5.32 Å². The lowest BCUT2D eigenvalue weighted by molar-refractivity contribution is 0.0940. The number of sulfonamides is 1. The molecule has 0 aliphatic heterocycles. The summed E-state index contributed by atoms with van der Waals surface area (Å²) in [4.78, 5) is 12.7. The number of fused-ring (bicyclic) bond motifs is 1. The maximum absolute atomic E-state index is 12.7. The highest BCUT2D eigenvalue weighted by Gasteiger charge is 2.19. The van der Waals surface area contributed by atoms with Crippen LogP contribution in [0.4, 0.5) is 5.69 Å². The van der Waals surface area contributed by atoms with Gasteiger partial charge < -0.3 is 5.32 Å². The maximum atomic E-state index is 12.7. The molecule has 1 atom stereocenters. The maximum Gasteiger partial charge on any atom is 0.253 e. The number of benzene rings is 2. The lowest BCUT2D eigenvalue weighted by Crippen LogP contribution is -2.28. The number of nitrogens with one attached hydrogen (secondary N) is 1. The standard InChI is InChI=1S/C20H23ClN2O3S/c1-13(15-8-7-14-5-4-6-16(14)11-15)22-20(24)18-12-17(9-10-19(18)21)23(2)27(3,25)26/h7-13H,4-6H2,1-3H3,(H,22,24). The van der Waals surface area contributed by atoms with Gasteiger partial charge >= 0.3 is 0 Å². The zero-order chi connectivity index (χ0) is 19.8. The summed E-state index contributed by atoms with van der Waals surface area (Å²) < 4.78 is 24.6. The van der Waals surface area contributed by atoms with Crippen LogP contribution in [0.1, 0.15) is 46.4 Å². The van der Waals surface area contributed by atoms with Gasteiger partial charge in [0, 0.05) is 7.05 Å². The van der Waals surface area contributed by atoms with Gasteiger partial charge in [0.1, 0.15) is 0 Å². The Bertz CT molecular complexity index is 989. The normalized spacial score (nSPS) is 14.5. The first kappa shape index (κ1) is 19.7. The number of carbonyl (C=O) groups excluding carboxylic acids is 1. The molecule has 1 unspecified atom stereocenters. The minimum Gasteiger partial charge on any atom is -0.345 e. The smallest absolute Gasteiger partial charge is 0.253 e. The number of rotatable bonds is 5. The third kappa shape index (κ3) is 4.28. The SMILES string of the molecule is CC(NC(=O)c1cc(N(C)S(C)(=O)=O)ccc1Cl)c1ccc2c(c1)CCC2. The van der Waals surface area contributed by atoms with Gasteiger partial charge in [0.15, 0.2) is 0 Å². The van der Waals surface area contributed by atoms with E-state index in [0.29, 0.717) is 5.69 Å². The zero-order valence-electron chi connectivity index (χ0n) is 15.6. The van der Waals surface area contributed by atoms with Crippen LogP contribution in [0.25, 0.3) is 0 Å². The van der Waals surface area contributed by atoms with E-state index in [1.165, 1.54) is 36.7 Å². The summed E-state index contributed by atoms with van der Waals surface area (Å²) in [6.07, 6.45) is 4.48. The molecule has 2 aromatic rings. The zero-order valence-corrected chi connectivity index (χ0v) is 17.2. The van der Waals surface area contributed by atoms with Gasteiger partial charge in [-0.1, -0.05) is 29.8 Å². The Morgan fingerprint density at radius 3 is 2.56 bits per heavy atom. The Kier molecular flexibility index (Phi) is 5.49. The lowest BCUT2D eigenvalue weighted by Gasteiger charge is -2.19. The predicted octanol–water partition coefficient (Wildman–Crippen LogP) is 3.72. The van der Waals surface area contributed by atoms with Gasteiger partial charge in [-0.3, -0.25) is 9.10 Å². The van der Waals surface area contributed by atoms with Gasteiger partial charge in [-0.25, -0.2) is 8.42 Å². The molecule has 0 bridgehead atoms. The summed E-state index contributed by atoms with van der Waals surface area (Å²) in [5.41, 5.74) is 4.42. The molecule has 27 heavy (non-hydrogen) atoms. The van der Waals surface area contributed by atoms with Crippen molar-refractivity contribution in [2.75, 3.05) is 17.6 Å². The Balaban J connectivity index is 1.81. The Morgan fingerprint density at radius 1 is 1.15 bits per heavy atom. The monoisotopic (exact) mass is 406 g/mol. The van der Waals surface area contributed by atoms with E-state index in [1.54, 1.807) is 6.07 Å². The van der Waals surface area contributed by atoms with Crippen LogP contribution in [0.15, 0.2) is 36.4 Å². The lowest BCUT2D eigenvalue weighted by atomic mass is 10.0. The fraction of sp³-hybridized carbons (Fsp3) is 0.350. The molecule has 144 valence electrons. The van der Waals surface area contributed by atoms with Crippen LogP contribution in [0, 0.1) is 0 Å². The molecule has 2 aromatic carbocycles. The van der Waals surface area contributed by atoms with Crippen LogP contribution in [0.5, 0.6) is 0 Å². The molecule has 0 radical (unpaired) electrons. The van der Waals surface area contributed by atoms with E-state index < -0.39 is 10.0 Å². The molecule has 1 amide bonds. The molecule has 0 heterocycles. The quantitative estimate of drug-likeness (QED) is 0.822. The highest BCUT2D eigenvalue weighted by Crippen LogP contribution is 2.27. The molecule has 3 rings (SSSR count). The van der Waals surface area contributed by atoms with E-state index in [2.05, 4.69) is 17.4 Å². The molecule has 0 aromatic heterocycles. The second kappa shape index (κ2) is 7.52. The van der Waals surface area contributed by atoms with Crippen LogP contribution in [-0.2, 0) is 22.9 Å². The van der Waals surface area contributed by atoms with Crippen molar-refractivity contribution < 1.29 is 13.2 Å². The molecule has 0 spiro atoms. The topological polar surface area (TPSA) is 66.5 Å². The van der Waals surface area contributed by atoms with Gasteiger partial charge in [0.2, 0.25) is 10.0 Å². The van der Waals surface area contributed by atoms with Crippen LogP contribution in [0.3, 0.4) is 0 Å². The number of aryl methyl sites for hydroxylation is 2. The van der Waals surface area contributed by atoms with Crippen LogP contribution < -0.4 is 9.62 Å². The van der Waals surface area contributed by atoms with Crippen molar-refractivity contribution in [3.63, 3.8) is 0 Å². The fourth-order valence-corrected chi connectivity index (χ4v) is 3.99. The van der Waals surface area contributed by atoms with Crippen molar-refractivity contribution >= 4 is 33.2 Å². The van der Waals surface area contributed by atoms with Crippen LogP contribution >= 0.6 is 11.6 Å². The molecule has 0 fully saturated rings. The van der Waals surface area contributed by atoms with Gasteiger partial charge in [0.05, 0.1) is 28.6 Å². The van der Waals surface area contributed by atoms with Crippen molar-refractivity contribution in [1.29, 1.82) is 0 Å². The number of carbonyl (C=O) groups is 1. The number of hydrogen-bond acceptors (Lipinski definition) is 3. The second-order valence-corrected chi connectivity index (χ2v) is 9.39. The molecule has 0 saturated heterocycles. The van der Waals surface area contributed by atoms with Crippen molar-refractivity contribution in [3.05, 3.63) is 63.7 Å². The second-order valence-electron chi connectivity index (χ2n) is 6.97. The van der Waals surface area contributed by atoms with Crippen molar-refractivity contribution in [2.45, 2.75) is 32.2 Å². The Hall–Kier alpha value is -2.05. The van der Waals surface area contributed by atoms with Crippen molar-refractivity contribution in [2.24, 2.45) is 0 Å². The summed E-state index contributed by atoms with van der Waals surface area (Å²) in [5, 5.41) is 3.24. The summed E-state index contributed by atoms with van der Waals surface area (Å²) in [6.45, 7) is 1.93. The average molecular weight is 407 g/mol. The van der Waals surface area contributed by atoms with Crippen molar-refractivity contribution in [3.8, 4) is 0 Å². The molecule has 1 N–H and O–H groups in total. The number of halogens is 1. The summed E-state index contributed by atoms with van der Waals surface area (Å²) in [6, 6.07) is 10.8. The Morgan fingerprint density at radius 2 is 1.85 bits per heavy atom. The first-order valence-corrected chi connectivity index (χ1v) is 11.1. The fourth-order valence-electron chi connectivity index (χ4n) is 3.29. The van der Waals surface area contributed by atoms with Gasteiger partial charge in [-0.2, -0.15) is 0 Å². The molecular formula is C20H23ClN2O3S. The van der Waals surface area contributed by atoms with Crippen LogP contribution in [-0.4, -0.2) is 27.6 Å². The predicted molar refractivity (Wildman–Crippen MR) is 109 cm³/mol. The highest BCUT2D eigenvalue weighted by molar-refractivity contribution is 7.92. The summed E-state index contributed by atoms with van der Waals surface area (Å²) >= 11 is 6.19. The van der Waals surface area contributed by atoms with Gasteiger partial charge in [-0.05, 0) is 61.1 Å². The van der Waals surface area contributed by atoms with Gasteiger partial charge in [0.25, 0.3) is 5.91 Å². The largest absolute Gasteiger partial charge is 0.345 e. The number of amides is 1. The molecule has 1 aliphatic carbocycles. The highest BCUT2D eigenvalue weighted by atomic mass is 35.5. The van der Waals surface area contributed by atoms with E-state index in [-0.39, 0.29) is 22.5 Å². The van der Waals surface area contributed by atoms with E-state index in [0.717, 1.165) is 29.0 Å². The van der Waals surface area contributed by atoms with E-state index in [1.807, 2.05) is 13.0 Å². The van der Waals surface area contributed by atoms with Crippen LogP contribution in [0.2, 0.25) is 5.02 Å². The first-order valence-electron chi connectivity index (χ1n) is 8.83. The molecule has 1 aliphatic rings. The first-order chi connectivity index (χ1) is 12.7. The molecular weight excluding hydrogens is 384 g/mol. The third-order valence-electron chi connectivity index (χ3n) is 5.03. The van der Waals surface area contributed by atoms with E-state index in [9.17, 15) is 13.2 Å². The minimum atomic E-state index is -3.42. The minimum absolute atomic E-state index is 0.184. The van der Waals surface area contributed by atoms with E-state index in [4.69, 9.17) is 11.6 Å². The third-order valence-corrected chi connectivity index (χ3v) is 6.56. The summed E-state index contributed by atoms with van der Waals surface area (Å²) in [5.74, 6) is -0.336. The summed E-state index contributed by atoms with van der Waals surface area (Å²) in [7, 11) is -1.99. The molecule has 7 heteroatoms. The van der Waals surface area contributed by atoms with Gasteiger partial charge in [-0.15, -0.1) is 0 Å². The van der Waals surface area contributed by atoms with E-state index >= 15 is 0 Å². The molecule has 0 saturated carbocycles. The number of hydrogen-bond donors (Lipinski definition) is 1. The number of anilines is 1. The Labute approximate surface area is 165 Å².